The number of imidazole rings is 1. The molecule has 4 aromatic heterocycles. The van der Waals surface area contributed by atoms with Crippen LogP contribution >= 0.6 is 0 Å². The molecule has 0 fully saturated rings. The molecule has 10 heteroatoms. The Morgan fingerprint density at radius 3 is 2.46 bits per heavy atom. The topological polar surface area (TPSA) is 128 Å². The lowest BCUT2D eigenvalue weighted by Gasteiger charge is -2.06. The number of H-pyrrole nitrogens is 1. The molecule has 0 aliphatic heterocycles. The zero-order valence-electron chi connectivity index (χ0n) is 20.2. The highest BCUT2D eigenvalue weighted by atomic mass is 16.2. The Balaban J connectivity index is 0.00000167. The Kier molecular flexibility index (Phi) is 8.08. The molecule has 2 N–H and O–H groups in total. The number of hydrogen-bond acceptors (Lipinski definition) is 6. The summed E-state index contributed by atoms with van der Waals surface area (Å²) in [4.78, 5) is 52.5. The van der Waals surface area contributed by atoms with Crippen molar-refractivity contribution >= 4 is 17.1 Å². The minimum absolute atomic E-state index is 0.119. The Hall–Kier alpha value is -4.34. The van der Waals surface area contributed by atoms with Crippen molar-refractivity contribution in [3.8, 4) is 11.4 Å². The van der Waals surface area contributed by atoms with E-state index in [0.29, 0.717) is 18.7 Å². The molecule has 182 valence electrons. The largest absolute Gasteiger partial charge is 0.349 e. The van der Waals surface area contributed by atoms with Gasteiger partial charge < -0.3 is 10.3 Å². The number of fused-ring (bicyclic) bond motifs is 1. The normalized spacial score (nSPS) is 10.6. The van der Waals surface area contributed by atoms with Gasteiger partial charge in [0.05, 0.1) is 17.9 Å². The van der Waals surface area contributed by atoms with E-state index in [1.165, 1.54) is 11.6 Å². The number of nitrogens with one attached hydrogen (secondary N) is 2. The summed E-state index contributed by atoms with van der Waals surface area (Å²) in [7, 11) is 2.96. The van der Waals surface area contributed by atoms with Gasteiger partial charge in [-0.25, -0.2) is 9.78 Å². The van der Waals surface area contributed by atoms with Gasteiger partial charge in [0.15, 0.2) is 5.65 Å². The number of amides is 1. The first kappa shape index (κ1) is 25.3. The van der Waals surface area contributed by atoms with Gasteiger partial charge in [0.2, 0.25) is 5.91 Å². The first-order valence-electron chi connectivity index (χ1n) is 11.1. The van der Waals surface area contributed by atoms with Crippen LogP contribution in [0.15, 0.2) is 59.4 Å². The average molecular weight is 476 g/mol. The number of rotatable bonds is 7. The molecule has 0 aliphatic carbocycles. The number of carbonyl (C=O) groups is 1. The zero-order chi connectivity index (χ0) is 25.5. The van der Waals surface area contributed by atoms with Crippen LogP contribution in [0.4, 0.5) is 0 Å². The van der Waals surface area contributed by atoms with E-state index in [1.54, 1.807) is 19.4 Å². The number of aromatic amines is 1. The summed E-state index contributed by atoms with van der Waals surface area (Å²) in [5, 5.41) is 2.81. The van der Waals surface area contributed by atoms with Crippen molar-refractivity contribution in [3.05, 3.63) is 87.6 Å². The molecule has 1 amide bonds. The Bertz CT molecular complexity index is 1470. The van der Waals surface area contributed by atoms with Gasteiger partial charge in [0, 0.05) is 32.9 Å². The number of aromatic nitrogens is 6. The summed E-state index contributed by atoms with van der Waals surface area (Å²) >= 11 is 0. The average Bonchev–Trinajstić information content (AvgIpc) is 3.31. The van der Waals surface area contributed by atoms with Crippen molar-refractivity contribution in [1.29, 1.82) is 0 Å². The van der Waals surface area contributed by atoms with Crippen LogP contribution in [-0.4, -0.2) is 35.0 Å². The molecule has 4 aromatic rings. The van der Waals surface area contributed by atoms with Crippen LogP contribution < -0.4 is 16.6 Å². The summed E-state index contributed by atoms with van der Waals surface area (Å²) < 4.78 is 2.32. The van der Waals surface area contributed by atoms with Crippen molar-refractivity contribution in [1.82, 2.24) is 34.4 Å². The van der Waals surface area contributed by atoms with E-state index in [1.807, 2.05) is 31.2 Å². The molecule has 0 atom stereocenters. The van der Waals surface area contributed by atoms with Crippen LogP contribution in [0, 0.1) is 6.92 Å². The first-order chi connectivity index (χ1) is 16.8. The molecule has 0 aromatic carbocycles. The van der Waals surface area contributed by atoms with Gasteiger partial charge in [-0.2, -0.15) is 0 Å². The van der Waals surface area contributed by atoms with Crippen LogP contribution in [0.5, 0.6) is 0 Å². The second-order valence-corrected chi connectivity index (χ2v) is 7.99. The molecule has 10 nitrogen and oxygen atoms in total. The summed E-state index contributed by atoms with van der Waals surface area (Å²) in [6.45, 7) is 8.16. The van der Waals surface area contributed by atoms with E-state index in [-0.39, 0.29) is 23.6 Å². The van der Waals surface area contributed by atoms with Crippen LogP contribution in [0.3, 0.4) is 0 Å². The van der Waals surface area contributed by atoms with E-state index in [2.05, 4.69) is 38.4 Å². The van der Waals surface area contributed by atoms with Crippen molar-refractivity contribution in [2.75, 3.05) is 0 Å². The van der Waals surface area contributed by atoms with Gasteiger partial charge >= 0.3 is 5.69 Å². The van der Waals surface area contributed by atoms with E-state index in [4.69, 9.17) is 0 Å². The van der Waals surface area contributed by atoms with Crippen LogP contribution in [-0.2, 0) is 31.9 Å². The first-order valence-corrected chi connectivity index (χ1v) is 11.1. The van der Waals surface area contributed by atoms with E-state index < -0.39 is 11.2 Å². The number of hydrogen-bond donors (Lipinski definition) is 2. The Morgan fingerprint density at radius 1 is 1.06 bits per heavy atom. The molecular weight excluding hydrogens is 446 g/mol. The number of pyridine rings is 2. The number of nitrogens with zero attached hydrogens (tertiary/aromatic N) is 5. The molecule has 0 unspecified atom stereocenters. The van der Waals surface area contributed by atoms with Gasteiger partial charge in [-0.3, -0.25) is 28.7 Å². The molecule has 35 heavy (non-hydrogen) atoms. The molecule has 0 radical (unpaired) electrons. The van der Waals surface area contributed by atoms with Crippen LogP contribution in [0.2, 0.25) is 0 Å². The van der Waals surface area contributed by atoms with Gasteiger partial charge in [0.1, 0.15) is 11.3 Å². The molecule has 0 bridgehead atoms. The van der Waals surface area contributed by atoms with Crippen molar-refractivity contribution < 1.29 is 4.79 Å². The third-order valence-corrected chi connectivity index (χ3v) is 5.47. The molecule has 0 aliphatic rings. The van der Waals surface area contributed by atoms with Crippen LogP contribution in [0.25, 0.3) is 22.6 Å². The Labute approximate surface area is 202 Å². The molecule has 0 spiro atoms. The lowest BCUT2D eigenvalue weighted by atomic mass is 10.1. The number of aryl methyl sites for hydroxylation is 3. The Morgan fingerprint density at radius 2 is 1.74 bits per heavy atom. The lowest BCUT2D eigenvalue weighted by molar-refractivity contribution is -0.121. The van der Waals surface area contributed by atoms with Gasteiger partial charge in [-0.1, -0.05) is 0 Å². The predicted molar refractivity (Wildman–Crippen MR) is 135 cm³/mol. The summed E-state index contributed by atoms with van der Waals surface area (Å²) in [6, 6.07) is 7.87. The number of carbonyl (C=O) groups excluding carboxylic acids is 1. The quantitative estimate of drug-likeness (QED) is 0.394. The van der Waals surface area contributed by atoms with E-state index in [9.17, 15) is 14.4 Å². The van der Waals surface area contributed by atoms with Gasteiger partial charge in [-0.15, -0.1) is 13.2 Å². The molecule has 0 saturated carbocycles. The van der Waals surface area contributed by atoms with Gasteiger partial charge in [-0.05, 0) is 55.2 Å². The third kappa shape index (κ3) is 5.78. The second kappa shape index (κ2) is 11.2. The smallest absolute Gasteiger partial charge is 0.332 e. The molecule has 0 saturated heterocycles. The third-order valence-electron chi connectivity index (χ3n) is 5.47. The summed E-state index contributed by atoms with van der Waals surface area (Å²) in [5.41, 5.74) is 3.45. The van der Waals surface area contributed by atoms with Gasteiger partial charge in [0.25, 0.3) is 5.56 Å². The summed E-state index contributed by atoms with van der Waals surface area (Å²) in [6.07, 6.45) is 5.28. The zero-order valence-corrected chi connectivity index (χ0v) is 20.2. The maximum atomic E-state index is 12.3. The maximum absolute atomic E-state index is 12.3. The fourth-order valence-corrected chi connectivity index (χ4v) is 3.63. The maximum Gasteiger partial charge on any atom is 0.332 e. The highest BCUT2D eigenvalue weighted by Crippen LogP contribution is 2.17. The predicted octanol–water partition coefficient (Wildman–Crippen LogP) is 2.17. The fourth-order valence-electron chi connectivity index (χ4n) is 3.63. The molecule has 4 rings (SSSR count). The molecule has 4 heterocycles. The fraction of sp³-hybridized carbons (Fsp3) is 0.280. The van der Waals surface area contributed by atoms with Crippen molar-refractivity contribution in [2.24, 2.45) is 14.1 Å². The highest BCUT2D eigenvalue weighted by Gasteiger charge is 2.14. The minimum atomic E-state index is -0.452. The molecular formula is C25H29N7O3. The van der Waals surface area contributed by atoms with Crippen molar-refractivity contribution in [3.63, 3.8) is 0 Å². The SMILES string of the molecule is C=C.Cc1ccnc(-c2cc(CCCC(=O)NCc3nc4c([nH]3)c(=O)n(C)c(=O)n4C)ccn2)c1. The van der Waals surface area contributed by atoms with E-state index >= 15 is 0 Å². The monoisotopic (exact) mass is 475 g/mol. The van der Waals surface area contributed by atoms with Crippen LogP contribution in [0.1, 0.15) is 29.8 Å². The highest BCUT2D eigenvalue weighted by molar-refractivity contribution is 5.76. The minimum Gasteiger partial charge on any atom is -0.349 e. The summed E-state index contributed by atoms with van der Waals surface area (Å²) in [5.74, 6) is 0.299. The standard InChI is InChI=1S/C23H25N7O3.C2H4/c1-14-7-9-24-16(11-14)17-12-15(8-10-25-17)5-4-6-19(31)26-13-18-27-20-21(28-18)29(2)23(33)30(3)22(20)32;1-2/h7-12H,4-6,13H2,1-3H3,(H,26,31)(H,27,28);1-2H2. The van der Waals surface area contributed by atoms with E-state index in [0.717, 1.165) is 33.5 Å². The second-order valence-electron chi connectivity index (χ2n) is 7.99. The van der Waals surface area contributed by atoms with Crippen molar-refractivity contribution in [2.45, 2.75) is 32.7 Å². The lowest BCUT2D eigenvalue weighted by Crippen LogP contribution is -2.36.